The standard InChI is InChI=1S/3C3H7O.O.Sb/c3*1-3(2)4;;/h3*3H,1-2H3;;/q3*-1;;+3. The van der Waals surface area contributed by atoms with Crippen molar-refractivity contribution in [2.75, 3.05) is 0 Å². The van der Waals surface area contributed by atoms with Crippen molar-refractivity contribution in [2.45, 2.75) is 59.9 Å². The Morgan fingerprint density at radius 3 is 1.07 bits per heavy atom. The quantitative estimate of drug-likeness (QED) is 0.705. The van der Waals surface area contributed by atoms with Gasteiger partial charge in [-0.2, -0.15) is 0 Å². The Kier molecular flexibility index (Phi) is 6.38. The maximum atomic E-state index is 12.1. The first-order valence-electron chi connectivity index (χ1n) is 4.90. The molecule has 86 valence electrons. The normalized spacial score (nSPS) is 13.2. The van der Waals surface area contributed by atoms with Crippen LogP contribution in [0.15, 0.2) is 0 Å². The van der Waals surface area contributed by atoms with Gasteiger partial charge in [-0.1, -0.05) is 0 Å². The maximum absolute atomic E-state index is 12.1. The average Bonchev–Trinajstić information content (AvgIpc) is 1.76. The summed E-state index contributed by atoms with van der Waals surface area (Å²) in [4.78, 5) is 0. The van der Waals surface area contributed by atoms with Crippen LogP contribution >= 0.6 is 0 Å². The summed E-state index contributed by atoms with van der Waals surface area (Å²) < 4.78 is 27.8. The molecule has 0 fully saturated rings. The molecule has 0 rings (SSSR count). The topological polar surface area (TPSA) is 44.8 Å². The van der Waals surface area contributed by atoms with Crippen LogP contribution < -0.4 is 0 Å². The molecule has 0 N–H and O–H groups in total. The first-order chi connectivity index (χ1) is 6.25. The molecule has 0 radical (unpaired) electrons. The Labute approximate surface area is 92.0 Å². The van der Waals surface area contributed by atoms with E-state index in [2.05, 4.69) is 0 Å². The third-order valence-electron chi connectivity index (χ3n) is 1.02. The van der Waals surface area contributed by atoms with Crippen LogP contribution in [0.25, 0.3) is 0 Å². The van der Waals surface area contributed by atoms with Gasteiger partial charge in [0, 0.05) is 0 Å². The van der Waals surface area contributed by atoms with E-state index in [-0.39, 0.29) is 18.3 Å². The molecule has 0 saturated carbocycles. The van der Waals surface area contributed by atoms with Crippen LogP contribution in [0.2, 0.25) is 0 Å². The molecule has 4 nitrogen and oxygen atoms in total. The summed E-state index contributed by atoms with van der Waals surface area (Å²) in [7, 11) is 0. The summed E-state index contributed by atoms with van der Waals surface area (Å²) in [6, 6.07) is 0. The molecule has 0 unspecified atom stereocenters. The Balaban J connectivity index is 4.41. The van der Waals surface area contributed by atoms with Gasteiger partial charge in [-0.05, 0) is 0 Å². The van der Waals surface area contributed by atoms with E-state index < -0.39 is 20.1 Å². The second kappa shape index (κ2) is 6.16. The van der Waals surface area contributed by atoms with E-state index in [1.807, 2.05) is 41.5 Å². The molecule has 14 heavy (non-hydrogen) atoms. The van der Waals surface area contributed by atoms with Crippen LogP contribution in [0, 0.1) is 0 Å². The zero-order valence-corrected chi connectivity index (χ0v) is 12.4. The molecule has 0 aliphatic heterocycles. The van der Waals surface area contributed by atoms with Crippen LogP contribution in [0.5, 0.6) is 0 Å². The van der Waals surface area contributed by atoms with Gasteiger partial charge in [0.05, 0.1) is 0 Å². The molecule has 0 amide bonds. The van der Waals surface area contributed by atoms with Gasteiger partial charge in [0.15, 0.2) is 0 Å². The summed E-state index contributed by atoms with van der Waals surface area (Å²) in [5, 5.41) is 0. The zero-order valence-electron chi connectivity index (χ0n) is 9.81. The Bertz CT molecular complexity index is 168. The van der Waals surface area contributed by atoms with E-state index in [9.17, 15) is 3.02 Å². The fourth-order valence-electron chi connectivity index (χ4n) is 0.849. The van der Waals surface area contributed by atoms with Crippen LogP contribution in [0.1, 0.15) is 41.5 Å². The van der Waals surface area contributed by atoms with Crippen molar-refractivity contribution in [3.63, 3.8) is 0 Å². The van der Waals surface area contributed by atoms with E-state index in [4.69, 9.17) is 9.05 Å². The Morgan fingerprint density at radius 1 is 0.714 bits per heavy atom. The molecule has 0 aliphatic rings. The fourth-order valence-corrected chi connectivity index (χ4v) is 5.70. The summed E-state index contributed by atoms with van der Waals surface area (Å²) in [5.74, 6) is 0. The van der Waals surface area contributed by atoms with E-state index in [1.165, 1.54) is 0 Å². The van der Waals surface area contributed by atoms with Gasteiger partial charge in [-0.25, -0.2) is 0 Å². The number of hydrogen-bond donors (Lipinski definition) is 0. The first kappa shape index (κ1) is 14.5. The minimum absolute atomic E-state index is 0.143. The van der Waals surface area contributed by atoms with Crippen LogP contribution in [0.4, 0.5) is 0 Å². The molecule has 0 atom stereocenters. The molecule has 0 bridgehead atoms. The SMILES string of the molecule is CC(C)[O][Sb](=[O])([O]C(C)C)[O]C(C)C. The van der Waals surface area contributed by atoms with Gasteiger partial charge in [0.1, 0.15) is 0 Å². The van der Waals surface area contributed by atoms with Gasteiger partial charge >= 0.3 is 92.0 Å². The Hall–Kier alpha value is 0.498. The molecule has 0 heterocycles. The molecular formula is C9H21O4Sb. The number of rotatable bonds is 6. The summed E-state index contributed by atoms with van der Waals surface area (Å²) >= 11 is -4.35. The van der Waals surface area contributed by atoms with Crippen LogP contribution in [0.3, 0.4) is 0 Å². The van der Waals surface area contributed by atoms with Gasteiger partial charge in [0.2, 0.25) is 0 Å². The first-order valence-corrected chi connectivity index (χ1v) is 9.07. The molecule has 0 aliphatic carbocycles. The van der Waals surface area contributed by atoms with Gasteiger partial charge in [-0.15, -0.1) is 0 Å². The van der Waals surface area contributed by atoms with E-state index >= 15 is 0 Å². The fraction of sp³-hybridized carbons (Fsp3) is 1.00. The third kappa shape index (κ3) is 6.88. The summed E-state index contributed by atoms with van der Waals surface area (Å²) in [6.07, 6.45) is -0.428. The summed E-state index contributed by atoms with van der Waals surface area (Å²) in [5.41, 5.74) is 0. The van der Waals surface area contributed by atoms with Crippen molar-refractivity contribution in [1.82, 2.24) is 0 Å². The molecular weight excluding hydrogens is 294 g/mol. The van der Waals surface area contributed by atoms with Crippen molar-refractivity contribution >= 4 is 20.1 Å². The molecule has 0 aromatic rings. The van der Waals surface area contributed by atoms with Gasteiger partial charge in [0.25, 0.3) is 0 Å². The predicted molar refractivity (Wildman–Crippen MR) is 55.1 cm³/mol. The zero-order chi connectivity index (χ0) is 11.4. The number of hydrogen-bond acceptors (Lipinski definition) is 4. The van der Waals surface area contributed by atoms with E-state index in [0.29, 0.717) is 0 Å². The second-order valence-corrected chi connectivity index (χ2v) is 8.27. The van der Waals surface area contributed by atoms with Gasteiger partial charge < -0.3 is 0 Å². The van der Waals surface area contributed by atoms with Crippen molar-refractivity contribution in [3.05, 3.63) is 0 Å². The van der Waals surface area contributed by atoms with Crippen LogP contribution in [-0.4, -0.2) is 38.4 Å². The molecule has 5 heteroatoms. The molecule has 0 aromatic heterocycles. The summed E-state index contributed by atoms with van der Waals surface area (Å²) in [6.45, 7) is 10.9. The van der Waals surface area contributed by atoms with E-state index in [0.717, 1.165) is 0 Å². The van der Waals surface area contributed by atoms with Crippen LogP contribution in [-0.2, 0) is 12.1 Å². The second-order valence-electron chi connectivity index (χ2n) is 3.91. The minimum atomic E-state index is -4.35. The van der Waals surface area contributed by atoms with E-state index in [1.54, 1.807) is 0 Å². The molecule has 0 saturated heterocycles. The van der Waals surface area contributed by atoms with Crippen molar-refractivity contribution in [2.24, 2.45) is 0 Å². The Morgan fingerprint density at radius 2 is 0.929 bits per heavy atom. The van der Waals surface area contributed by atoms with Crippen molar-refractivity contribution in [1.29, 1.82) is 0 Å². The van der Waals surface area contributed by atoms with Gasteiger partial charge in [-0.3, -0.25) is 0 Å². The average molecular weight is 315 g/mol. The third-order valence-corrected chi connectivity index (χ3v) is 6.84. The van der Waals surface area contributed by atoms with Crippen molar-refractivity contribution < 1.29 is 12.1 Å². The molecule has 0 spiro atoms. The predicted octanol–water partition coefficient (Wildman–Crippen LogP) is 2.13. The molecule has 0 aromatic carbocycles. The monoisotopic (exact) mass is 314 g/mol. The van der Waals surface area contributed by atoms with Crippen molar-refractivity contribution in [3.8, 4) is 0 Å².